The molecule has 48 heavy (non-hydrogen) atoms. The van der Waals surface area contributed by atoms with Gasteiger partial charge in [0.1, 0.15) is 11.4 Å². The second kappa shape index (κ2) is 17.1. The van der Waals surface area contributed by atoms with E-state index < -0.39 is 24.1 Å². The monoisotopic (exact) mass is 699 g/mol. The number of carboxylic acid groups (broad SMARTS) is 2. The molecule has 0 saturated carbocycles. The maximum absolute atomic E-state index is 10.8. The highest BCUT2D eigenvalue weighted by atomic mass is 35.5. The molecule has 0 amide bonds. The van der Waals surface area contributed by atoms with Crippen LogP contribution in [-0.2, 0) is 22.6 Å². The molecular weight excluding hydrogens is 665 g/mol. The third-order valence-electron chi connectivity index (χ3n) is 7.29. The summed E-state index contributed by atoms with van der Waals surface area (Å²) in [5.74, 6) is -1.62. The zero-order chi connectivity index (χ0) is 34.8. The molecule has 0 aliphatic carbocycles. The highest BCUT2D eigenvalue weighted by molar-refractivity contribution is 6.39. The van der Waals surface area contributed by atoms with Gasteiger partial charge in [0, 0.05) is 35.3 Å². The number of aryl methyl sites for hydroxylation is 1. The van der Waals surface area contributed by atoms with Gasteiger partial charge >= 0.3 is 11.9 Å². The standard InChI is InChI=1S/C33H35Cl2N5O8/c1-47-32-24(11-3-6-18(41)12-28(43)44)37-16-25(39-32)22-9-4-7-20(30(22)34)21-8-5-10-23(31(21)35)26-17-38-27(33(40-26)48-2)15-36-14-19(42)13-29(45)46/h4-5,7-10,16-19,36,41-42H,3,6,11-15H2,1-2H3,(H,43,44)(H,45,46)/t18-,19+/m1/s1. The van der Waals surface area contributed by atoms with Crippen molar-refractivity contribution in [3.8, 4) is 45.4 Å². The fourth-order valence-electron chi connectivity index (χ4n) is 4.99. The number of aromatic nitrogens is 4. The minimum Gasteiger partial charge on any atom is -0.481 e. The van der Waals surface area contributed by atoms with Crippen LogP contribution in [0.3, 0.4) is 0 Å². The molecule has 4 rings (SSSR count). The Labute approximate surface area is 286 Å². The molecule has 2 aromatic carbocycles. The number of nitrogens with one attached hydrogen (secondary N) is 1. The number of rotatable bonds is 17. The maximum atomic E-state index is 10.8. The van der Waals surface area contributed by atoms with Gasteiger partial charge in [0.05, 0.1) is 73.1 Å². The number of nitrogens with zero attached hydrogens (tertiary/aromatic N) is 4. The van der Waals surface area contributed by atoms with Crippen molar-refractivity contribution >= 4 is 35.1 Å². The normalized spacial score (nSPS) is 12.4. The average molecular weight is 701 g/mol. The number of methoxy groups -OCH3 is 2. The zero-order valence-corrected chi connectivity index (χ0v) is 27.7. The number of ether oxygens (including phenoxy) is 2. The third-order valence-corrected chi connectivity index (χ3v) is 8.11. The molecule has 254 valence electrons. The van der Waals surface area contributed by atoms with Crippen LogP contribution in [0.1, 0.15) is 37.1 Å². The van der Waals surface area contributed by atoms with Crippen LogP contribution < -0.4 is 14.8 Å². The van der Waals surface area contributed by atoms with Crippen molar-refractivity contribution in [3.05, 3.63) is 70.2 Å². The minimum absolute atomic E-state index is 0.0519. The first-order valence-electron chi connectivity index (χ1n) is 14.9. The predicted molar refractivity (Wildman–Crippen MR) is 178 cm³/mol. The molecule has 0 saturated heterocycles. The first-order valence-corrected chi connectivity index (χ1v) is 15.7. The number of aliphatic hydroxyl groups excluding tert-OH is 2. The van der Waals surface area contributed by atoms with Crippen LogP contribution in [0.2, 0.25) is 10.0 Å². The fourth-order valence-corrected chi connectivity index (χ4v) is 5.64. The number of carbonyl (C=O) groups is 2. The minimum atomic E-state index is -1.09. The van der Waals surface area contributed by atoms with Crippen molar-refractivity contribution < 1.29 is 39.5 Å². The van der Waals surface area contributed by atoms with Crippen molar-refractivity contribution in [2.75, 3.05) is 20.8 Å². The molecule has 0 aliphatic heterocycles. The van der Waals surface area contributed by atoms with Crippen LogP contribution in [0.25, 0.3) is 33.6 Å². The summed E-state index contributed by atoms with van der Waals surface area (Å²) in [6.45, 7) is 0.240. The smallest absolute Gasteiger partial charge is 0.306 e. The summed E-state index contributed by atoms with van der Waals surface area (Å²) < 4.78 is 10.9. The molecule has 0 fully saturated rings. The van der Waals surface area contributed by atoms with Crippen molar-refractivity contribution in [1.82, 2.24) is 25.3 Å². The van der Waals surface area contributed by atoms with E-state index in [1.54, 1.807) is 24.5 Å². The molecule has 13 nitrogen and oxygen atoms in total. The third kappa shape index (κ3) is 9.36. The molecule has 2 aromatic heterocycles. The van der Waals surface area contributed by atoms with Crippen molar-refractivity contribution in [3.63, 3.8) is 0 Å². The number of halogens is 2. The van der Waals surface area contributed by atoms with E-state index in [2.05, 4.69) is 25.3 Å². The molecule has 0 radical (unpaired) electrons. The number of aliphatic hydroxyl groups is 2. The van der Waals surface area contributed by atoms with E-state index in [9.17, 15) is 19.8 Å². The van der Waals surface area contributed by atoms with E-state index >= 15 is 0 Å². The molecule has 0 unspecified atom stereocenters. The highest BCUT2D eigenvalue weighted by Gasteiger charge is 2.20. The first kappa shape index (κ1) is 36.4. The van der Waals surface area contributed by atoms with E-state index in [0.717, 1.165) is 0 Å². The highest BCUT2D eigenvalue weighted by Crippen LogP contribution is 2.42. The molecule has 0 aliphatic rings. The summed E-state index contributed by atoms with van der Waals surface area (Å²) in [6.07, 6.45) is 1.67. The molecule has 2 atom stereocenters. The number of carboxylic acids is 2. The topological polar surface area (TPSA) is 197 Å². The van der Waals surface area contributed by atoms with Gasteiger partial charge in [0.25, 0.3) is 0 Å². The molecule has 2 heterocycles. The van der Waals surface area contributed by atoms with Gasteiger partial charge in [-0.05, 0) is 19.3 Å². The molecule has 15 heteroatoms. The predicted octanol–water partition coefficient (Wildman–Crippen LogP) is 4.68. The number of hydrogen-bond acceptors (Lipinski definition) is 11. The maximum Gasteiger partial charge on any atom is 0.306 e. The van der Waals surface area contributed by atoms with E-state index in [1.807, 2.05) is 24.3 Å². The van der Waals surface area contributed by atoms with Gasteiger partial charge in [-0.1, -0.05) is 59.6 Å². The number of aliphatic carboxylic acids is 2. The van der Waals surface area contributed by atoms with Gasteiger partial charge in [-0.2, -0.15) is 0 Å². The van der Waals surface area contributed by atoms with Crippen molar-refractivity contribution in [2.24, 2.45) is 0 Å². The quantitative estimate of drug-likeness (QED) is 0.102. The lowest BCUT2D eigenvalue weighted by atomic mass is 9.98. The first-order chi connectivity index (χ1) is 23.0. The molecule has 0 spiro atoms. The van der Waals surface area contributed by atoms with Gasteiger partial charge < -0.3 is 35.2 Å². The number of benzene rings is 2. The second-order valence-corrected chi connectivity index (χ2v) is 11.5. The SMILES string of the molecule is COc1nc(-c2cccc(-c3cccc(-c4cnc(CNC[C@@H](O)CC(=O)O)c(OC)n4)c3Cl)c2Cl)cnc1CCC[C@@H](O)CC(=O)O. The zero-order valence-electron chi connectivity index (χ0n) is 26.2. The van der Waals surface area contributed by atoms with Gasteiger partial charge in [-0.25, -0.2) is 9.97 Å². The van der Waals surface area contributed by atoms with E-state index in [-0.39, 0.29) is 31.8 Å². The van der Waals surface area contributed by atoms with E-state index in [4.69, 9.17) is 42.9 Å². The molecular formula is C33H35Cl2N5O8. The summed E-state index contributed by atoms with van der Waals surface area (Å²) in [7, 11) is 2.94. The van der Waals surface area contributed by atoms with E-state index in [0.29, 0.717) is 80.2 Å². The second-order valence-electron chi connectivity index (χ2n) is 10.8. The Kier molecular flexibility index (Phi) is 13.0. The Hall–Kier alpha value is -4.40. The van der Waals surface area contributed by atoms with Crippen LogP contribution in [0.4, 0.5) is 0 Å². The lowest BCUT2D eigenvalue weighted by Crippen LogP contribution is -2.28. The van der Waals surface area contributed by atoms with Crippen molar-refractivity contribution in [1.29, 1.82) is 0 Å². The fraction of sp³-hybridized carbons (Fsp3) is 0.333. The molecule has 4 aromatic rings. The van der Waals surface area contributed by atoms with Gasteiger partial charge in [-0.15, -0.1) is 0 Å². The van der Waals surface area contributed by atoms with Crippen LogP contribution in [0, 0.1) is 0 Å². The summed E-state index contributed by atoms with van der Waals surface area (Å²) >= 11 is 13.9. The van der Waals surface area contributed by atoms with Crippen LogP contribution >= 0.6 is 23.2 Å². The van der Waals surface area contributed by atoms with Crippen molar-refractivity contribution in [2.45, 2.75) is 50.9 Å². The Bertz CT molecular complexity index is 1630. The van der Waals surface area contributed by atoms with Gasteiger partial charge in [0.15, 0.2) is 0 Å². The molecule has 5 N–H and O–H groups in total. The Morgan fingerprint density at radius 1 is 0.771 bits per heavy atom. The van der Waals surface area contributed by atoms with Crippen LogP contribution in [0.15, 0.2) is 48.8 Å². The van der Waals surface area contributed by atoms with E-state index in [1.165, 1.54) is 14.2 Å². The number of hydrogen-bond donors (Lipinski definition) is 5. The van der Waals surface area contributed by atoms with Crippen LogP contribution in [0.5, 0.6) is 11.8 Å². The Morgan fingerprint density at radius 3 is 1.77 bits per heavy atom. The summed E-state index contributed by atoms with van der Waals surface area (Å²) in [5.41, 5.74) is 4.40. The lowest BCUT2D eigenvalue weighted by Gasteiger charge is -2.15. The van der Waals surface area contributed by atoms with Gasteiger partial charge in [-0.3, -0.25) is 19.6 Å². The molecule has 0 bridgehead atoms. The summed E-state index contributed by atoms with van der Waals surface area (Å²) in [5, 5.41) is 41.0. The lowest BCUT2D eigenvalue weighted by molar-refractivity contribution is -0.140. The Balaban J connectivity index is 1.57. The van der Waals surface area contributed by atoms with Gasteiger partial charge in [0.2, 0.25) is 11.8 Å². The average Bonchev–Trinajstić information content (AvgIpc) is 3.05. The van der Waals surface area contributed by atoms with Crippen LogP contribution in [-0.4, -0.2) is 85.3 Å². The summed E-state index contributed by atoms with van der Waals surface area (Å²) in [4.78, 5) is 39.8. The summed E-state index contributed by atoms with van der Waals surface area (Å²) in [6, 6.07) is 10.9. The largest absolute Gasteiger partial charge is 0.481 e. The Morgan fingerprint density at radius 2 is 1.25 bits per heavy atom.